The Balaban J connectivity index is 1.89. The lowest BCUT2D eigenvalue weighted by Gasteiger charge is -2.40. The summed E-state index contributed by atoms with van der Waals surface area (Å²) in [7, 11) is 0. The quantitative estimate of drug-likeness (QED) is 0.850. The molecule has 2 fully saturated rings. The fourth-order valence-corrected chi connectivity index (χ4v) is 3.34. The minimum atomic E-state index is -4.33. The first-order chi connectivity index (χ1) is 9.50. The van der Waals surface area contributed by atoms with Crippen molar-refractivity contribution in [3.8, 4) is 0 Å². The summed E-state index contributed by atoms with van der Waals surface area (Å²) in [5.74, 6) is 0. The van der Waals surface area contributed by atoms with Crippen molar-refractivity contribution in [1.29, 1.82) is 0 Å². The van der Waals surface area contributed by atoms with Crippen LogP contribution in [0.2, 0.25) is 0 Å². The fraction of sp³-hybridized carbons (Fsp3) is 0.600. The van der Waals surface area contributed by atoms with Crippen molar-refractivity contribution in [2.75, 3.05) is 13.1 Å². The third-order valence-corrected chi connectivity index (χ3v) is 4.30. The van der Waals surface area contributed by atoms with E-state index >= 15 is 0 Å². The molecule has 1 aliphatic carbocycles. The van der Waals surface area contributed by atoms with Crippen LogP contribution in [0.15, 0.2) is 24.3 Å². The topological polar surface area (TPSA) is 21.3 Å². The van der Waals surface area contributed by atoms with E-state index in [2.05, 4.69) is 5.32 Å². The Morgan fingerprint density at radius 1 is 1.15 bits per heavy atom. The average Bonchev–Trinajstić information content (AvgIpc) is 2.86. The molecule has 0 amide bonds. The highest BCUT2D eigenvalue weighted by molar-refractivity contribution is 5.32. The molecule has 110 valence electrons. The van der Waals surface area contributed by atoms with Gasteiger partial charge >= 0.3 is 6.18 Å². The Morgan fingerprint density at radius 3 is 2.55 bits per heavy atom. The lowest BCUT2D eigenvalue weighted by Crippen LogP contribution is -2.49. The Hall–Kier alpha value is -1.07. The maximum absolute atomic E-state index is 13.1. The SMILES string of the molecule is FC(F)(F)c1ccccc1C1CNCC2(CCCC2)O1. The number of hydrogen-bond acceptors (Lipinski definition) is 2. The molecular formula is C15H18F3NO. The molecule has 1 heterocycles. The van der Waals surface area contributed by atoms with E-state index in [-0.39, 0.29) is 11.2 Å². The number of alkyl halides is 3. The molecule has 1 aromatic rings. The molecule has 1 atom stereocenters. The molecule has 1 aromatic carbocycles. The highest BCUT2D eigenvalue weighted by Crippen LogP contribution is 2.42. The first-order valence-electron chi connectivity index (χ1n) is 7.05. The van der Waals surface area contributed by atoms with Crippen molar-refractivity contribution in [1.82, 2.24) is 5.32 Å². The zero-order chi connectivity index (χ0) is 14.2. The summed E-state index contributed by atoms with van der Waals surface area (Å²) < 4.78 is 45.4. The van der Waals surface area contributed by atoms with Gasteiger partial charge in [-0.15, -0.1) is 0 Å². The third kappa shape index (κ3) is 2.56. The van der Waals surface area contributed by atoms with Gasteiger partial charge in [0.05, 0.1) is 17.3 Å². The molecule has 1 aliphatic heterocycles. The molecule has 0 bridgehead atoms. The summed E-state index contributed by atoms with van der Waals surface area (Å²) in [5.41, 5.74) is -0.595. The van der Waals surface area contributed by atoms with Gasteiger partial charge in [-0.05, 0) is 24.5 Å². The Labute approximate surface area is 116 Å². The molecular weight excluding hydrogens is 267 g/mol. The monoisotopic (exact) mass is 285 g/mol. The first-order valence-corrected chi connectivity index (χ1v) is 7.05. The van der Waals surface area contributed by atoms with Gasteiger partial charge in [-0.25, -0.2) is 0 Å². The van der Waals surface area contributed by atoms with Gasteiger partial charge in [0.2, 0.25) is 0 Å². The minimum absolute atomic E-state index is 0.249. The molecule has 1 saturated carbocycles. The van der Waals surface area contributed by atoms with Crippen molar-refractivity contribution < 1.29 is 17.9 Å². The largest absolute Gasteiger partial charge is 0.416 e. The predicted molar refractivity (Wildman–Crippen MR) is 69.3 cm³/mol. The van der Waals surface area contributed by atoms with Gasteiger partial charge in [0.25, 0.3) is 0 Å². The van der Waals surface area contributed by atoms with Gasteiger partial charge in [-0.1, -0.05) is 31.0 Å². The second-order valence-corrected chi connectivity index (χ2v) is 5.71. The van der Waals surface area contributed by atoms with Gasteiger partial charge in [0.1, 0.15) is 0 Å². The molecule has 1 unspecified atom stereocenters. The van der Waals surface area contributed by atoms with Crippen molar-refractivity contribution >= 4 is 0 Å². The molecule has 2 nitrogen and oxygen atoms in total. The van der Waals surface area contributed by atoms with Crippen molar-refractivity contribution in [2.45, 2.75) is 43.6 Å². The summed E-state index contributed by atoms with van der Waals surface area (Å²) >= 11 is 0. The van der Waals surface area contributed by atoms with Gasteiger partial charge in [0.15, 0.2) is 0 Å². The predicted octanol–water partition coefficient (Wildman–Crippen LogP) is 3.68. The molecule has 2 aliphatic rings. The first kappa shape index (κ1) is 13.9. The van der Waals surface area contributed by atoms with E-state index in [9.17, 15) is 13.2 Å². The number of morpholine rings is 1. The summed E-state index contributed by atoms with van der Waals surface area (Å²) in [6, 6.07) is 5.73. The number of halogens is 3. The van der Waals surface area contributed by atoms with E-state index in [0.717, 1.165) is 38.3 Å². The maximum Gasteiger partial charge on any atom is 0.416 e. The summed E-state index contributed by atoms with van der Waals surface area (Å²) in [5, 5.41) is 3.25. The van der Waals surface area contributed by atoms with Crippen LogP contribution in [0.5, 0.6) is 0 Å². The number of nitrogens with one attached hydrogen (secondary N) is 1. The standard InChI is InChI=1S/C15H18F3NO/c16-15(17,18)12-6-2-1-5-11(12)13-9-19-10-14(20-13)7-3-4-8-14/h1-2,5-6,13,19H,3-4,7-10H2. The molecule has 0 radical (unpaired) electrons. The number of benzene rings is 1. The molecule has 1 spiro atoms. The highest BCUT2D eigenvalue weighted by atomic mass is 19.4. The van der Waals surface area contributed by atoms with Crippen LogP contribution >= 0.6 is 0 Å². The Bertz CT molecular complexity index is 480. The van der Waals surface area contributed by atoms with Crippen LogP contribution in [0.1, 0.15) is 42.9 Å². The zero-order valence-corrected chi connectivity index (χ0v) is 11.2. The zero-order valence-electron chi connectivity index (χ0n) is 11.2. The van der Waals surface area contributed by atoms with Crippen LogP contribution in [0, 0.1) is 0 Å². The Morgan fingerprint density at radius 2 is 1.85 bits per heavy atom. The normalized spacial score (nSPS) is 26.1. The van der Waals surface area contributed by atoms with Gasteiger partial charge in [-0.2, -0.15) is 13.2 Å². The molecule has 3 rings (SSSR count). The fourth-order valence-electron chi connectivity index (χ4n) is 3.34. The van der Waals surface area contributed by atoms with E-state index in [4.69, 9.17) is 4.74 Å². The summed E-state index contributed by atoms with van der Waals surface area (Å²) in [4.78, 5) is 0. The van der Waals surface area contributed by atoms with E-state index in [1.807, 2.05) is 0 Å². The summed E-state index contributed by atoms with van der Waals surface area (Å²) in [6.45, 7) is 1.19. The second kappa shape index (κ2) is 5.04. The van der Waals surface area contributed by atoms with Crippen molar-refractivity contribution in [2.24, 2.45) is 0 Å². The van der Waals surface area contributed by atoms with Crippen LogP contribution in [0.25, 0.3) is 0 Å². The van der Waals surface area contributed by atoms with E-state index in [0.29, 0.717) is 6.54 Å². The number of ether oxygens (including phenoxy) is 1. The molecule has 1 N–H and O–H groups in total. The van der Waals surface area contributed by atoms with E-state index in [1.165, 1.54) is 12.1 Å². The van der Waals surface area contributed by atoms with Gasteiger partial charge in [0, 0.05) is 13.1 Å². The second-order valence-electron chi connectivity index (χ2n) is 5.71. The van der Waals surface area contributed by atoms with Crippen LogP contribution < -0.4 is 5.32 Å². The maximum atomic E-state index is 13.1. The van der Waals surface area contributed by atoms with Gasteiger partial charge < -0.3 is 10.1 Å². The molecule has 1 saturated heterocycles. The van der Waals surface area contributed by atoms with Crippen molar-refractivity contribution in [3.05, 3.63) is 35.4 Å². The smallest absolute Gasteiger partial charge is 0.364 e. The van der Waals surface area contributed by atoms with Crippen molar-refractivity contribution in [3.63, 3.8) is 0 Å². The Kier molecular flexibility index (Phi) is 3.50. The van der Waals surface area contributed by atoms with Crippen LogP contribution in [-0.2, 0) is 10.9 Å². The van der Waals surface area contributed by atoms with Crippen LogP contribution in [0.4, 0.5) is 13.2 Å². The highest BCUT2D eigenvalue weighted by Gasteiger charge is 2.42. The third-order valence-electron chi connectivity index (χ3n) is 4.30. The summed E-state index contributed by atoms with van der Waals surface area (Å²) in [6.07, 6.45) is -0.792. The van der Waals surface area contributed by atoms with Crippen LogP contribution in [0.3, 0.4) is 0 Å². The number of rotatable bonds is 1. The van der Waals surface area contributed by atoms with E-state index < -0.39 is 17.8 Å². The van der Waals surface area contributed by atoms with E-state index in [1.54, 1.807) is 6.07 Å². The molecule has 5 heteroatoms. The lowest BCUT2D eigenvalue weighted by atomic mass is 9.95. The average molecular weight is 285 g/mol. The van der Waals surface area contributed by atoms with Gasteiger partial charge in [-0.3, -0.25) is 0 Å². The number of hydrogen-bond donors (Lipinski definition) is 1. The molecule has 0 aromatic heterocycles. The van der Waals surface area contributed by atoms with Crippen LogP contribution in [-0.4, -0.2) is 18.7 Å². The molecule has 20 heavy (non-hydrogen) atoms. The minimum Gasteiger partial charge on any atom is -0.364 e. The lowest BCUT2D eigenvalue weighted by molar-refractivity contribution is -0.145.